The van der Waals surface area contributed by atoms with Crippen molar-refractivity contribution in [3.05, 3.63) is 95.3 Å². The van der Waals surface area contributed by atoms with E-state index in [9.17, 15) is 23.5 Å². The molecule has 0 bridgehead atoms. The fourth-order valence-corrected chi connectivity index (χ4v) is 3.57. The zero-order chi connectivity index (χ0) is 24.1. The highest BCUT2D eigenvalue weighted by atomic mass is 19.1. The Morgan fingerprint density at radius 3 is 2.68 bits per heavy atom. The summed E-state index contributed by atoms with van der Waals surface area (Å²) in [7, 11) is 0. The van der Waals surface area contributed by atoms with Crippen molar-refractivity contribution in [1.29, 1.82) is 0 Å². The molecule has 34 heavy (non-hydrogen) atoms. The van der Waals surface area contributed by atoms with Crippen LogP contribution < -0.4 is 5.32 Å². The summed E-state index contributed by atoms with van der Waals surface area (Å²) >= 11 is 0. The average molecular weight is 462 g/mol. The van der Waals surface area contributed by atoms with Gasteiger partial charge in [-0.05, 0) is 48.5 Å². The molecule has 0 saturated heterocycles. The summed E-state index contributed by atoms with van der Waals surface area (Å²) in [5.41, 5.74) is 1.61. The molecule has 172 valence electrons. The number of hydrogen-bond donors (Lipinski definition) is 3. The summed E-state index contributed by atoms with van der Waals surface area (Å²) in [5, 5.41) is 19.3. The number of aromatic nitrogens is 3. The van der Waals surface area contributed by atoms with Gasteiger partial charge in [0.2, 0.25) is 0 Å². The number of aromatic amines is 1. The number of pyridine rings is 1. The Balaban J connectivity index is 1.62. The van der Waals surface area contributed by atoms with Crippen LogP contribution in [-0.4, -0.2) is 45.1 Å². The summed E-state index contributed by atoms with van der Waals surface area (Å²) in [6, 6.07) is 14.2. The number of halogens is 2. The van der Waals surface area contributed by atoms with Gasteiger partial charge in [-0.25, -0.2) is 8.78 Å². The molecule has 0 aliphatic carbocycles. The monoisotopic (exact) mass is 462 g/mol. The summed E-state index contributed by atoms with van der Waals surface area (Å²) in [5.74, 6) is -1.89. The zero-order valence-electron chi connectivity index (χ0n) is 17.8. The van der Waals surface area contributed by atoms with Gasteiger partial charge in [-0.1, -0.05) is 12.1 Å². The van der Waals surface area contributed by atoms with Gasteiger partial charge >= 0.3 is 0 Å². The summed E-state index contributed by atoms with van der Waals surface area (Å²) in [6.07, 6.45) is 2.31. The molecule has 7 nitrogen and oxygen atoms in total. The van der Waals surface area contributed by atoms with Crippen LogP contribution in [0.5, 0.6) is 0 Å². The van der Waals surface area contributed by atoms with Crippen molar-refractivity contribution in [2.75, 3.05) is 6.61 Å². The van der Waals surface area contributed by atoms with E-state index in [0.717, 1.165) is 6.07 Å². The Hall–Kier alpha value is -4.24. The molecular weight excluding hydrogens is 442 g/mol. The predicted molar refractivity (Wildman–Crippen MR) is 121 cm³/mol. The first kappa shape index (κ1) is 22.9. The van der Waals surface area contributed by atoms with Crippen molar-refractivity contribution >= 4 is 12.2 Å². The highest BCUT2D eigenvalue weighted by Gasteiger charge is 2.22. The fraction of sp³-hybridized carbons (Fsp3) is 0.120. The van der Waals surface area contributed by atoms with Gasteiger partial charge in [-0.3, -0.25) is 19.7 Å². The number of aliphatic hydroxyl groups is 1. The molecule has 1 amide bonds. The van der Waals surface area contributed by atoms with Crippen LogP contribution in [-0.2, 0) is 6.42 Å². The van der Waals surface area contributed by atoms with Crippen molar-refractivity contribution in [3.63, 3.8) is 0 Å². The number of nitrogens with zero attached hydrogens (tertiary/aromatic N) is 2. The molecule has 4 rings (SSSR count). The third kappa shape index (κ3) is 4.89. The lowest BCUT2D eigenvalue weighted by molar-refractivity contribution is 0.0916. The Kier molecular flexibility index (Phi) is 6.84. The number of nitrogens with one attached hydrogen (secondary N) is 2. The molecule has 0 aliphatic rings. The minimum atomic E-state index is -0.660. The number of benzene rings is 2. The number of carbonyl (C=O) groups excluding carboxylic acids is 2. The molecule has 0 radical (unpaired) electrons. The highest BCUT2D eigenvalue weighted by molar-refractivity contribution is 6.01. The smallest absolute Gasteiger partial charge is 0.252 e. The quantitative estimate of drug-likeness (QED) is 0.347. The van der Waals surface area contributed by atoms with Gasteiger partial charge in [0, 0.05) is 29.4 Å². The maximum Gasteiger partial charge on any atom is 0.252 e. The Morgan fingerprint density at radius 2 is 1.94 bits per heavy atom. The first-order valence-corrected chi connectivity index (χ1v) is 10.4. The number of hydrogen-bond acceptors (Lipinski definition) is 5. The molecule has 1 unspecified atom stereocenters. The Morgan fingerprint density at radius 1 is 1.09 bits per heavy atom. The van der Waals surface area contributed by atoms with Crippen LogP contribution in [0, 0.1) is 11.6 Å². The fourth-order valence-electron chi connectivity index (χ4n) is 3.57. The van der Waals surface area contributed by atoms with Crippen molar-refractivity contribution in [2.45, 2.75) is 12.5 Å². The lowest BCUT2D eigenvalue weighted by atomic mass is 10.0. The third-order valence-corrected chi connectivity index (χ3v) is 5.26. The molecule has 0 fully saturated rings. The summed E-state index contributed by atoms with van der Waals surface area (Å²) in [6.45, 7) is -0.329. The third-order valence-electron chi connectivity index (χ3n) is 5.26. The summed E-state index contributed by atoms with van der Waals surface area (Å²) < 4.78 is 28.5. The normalized spacial score (nSPS) is 11.7. The van der Waals surface area contributed by atoms with E-state index in [1.54, 1.807) is 24.4 Å². The second kappa shape index (κ2) is 10.1. The van der Waals surface area contributed by atoms with Gasteiger partial charge in [0.25, 0.3) is 5.91 Å². The lowest BCUT2D eigenvalue weighted by Crippen LogP contribution is -2.39. The topological polar surface area (TPSA) is 108 Å². The van der Waals surface area contributed by atoms with Crippen molar-refractivity contribution in [1.82, 2.24) is 20.5 Å². The maximum atomic E-state index is 14.9. The van der Waals surface area contributed by atoms with Gasteiger partial charge in [-0.15, -0.1) is 0 Å². The second-order valence-corrected chi connectivity index (χ2v) is 7.56. The molecule has 0 spiro atoms. The first-order chi connectivity index (χ1) is 16.5. The van der Waals surface area contributed by atoms with Gasteiger partial charge in [0.1, 0.15) is 11.6 Å². The van der Waals surface area contributed by atoms with Crippen LogP contribution in [0.2, 0.25) is 0 Å². The zero-order valence-corrected chi connectivity index (χ0v) is 17.8. The first-order valence-electron chi connectivity index (χ1n) is 10.4. The molecule has 2 aromatic heterocycles. The molecule has 4 aromatic rings. The second-order valence-electron chi connectivity index (χ2n) is 7.56. The molecule has 2 aromatic carbocycles. The van der Waals surface area contributed by atoms with E-state index in [4.69, 9.17) is 0 Å². The van der Waals surface area contributed by atoms with E-state index in [0.29, 0.717) is 29.7 Å². The van der Waals surface area contributed by atoms with E-state index in [2.05, 4.69) is 20.5 Å². The van der Waals surface area contributed by atoms with Crippen LogP contribution in [0.25, 0.3) is 22.5 Å². The largest absolute Gasteiger partial charge is 0.394 e. The van der Waals surface area contributed by atoms with Crippen molar-refractivity contribution in [3.8, 4) is 22.5 Å². The maximum absolute atomic E-state index is 14.9. The van der Waals surface area contributed by atoms with Gasteiger partial charge in [0.15, 0.2) is 6.29 Å². The van der Waals surface area contributed by atoms with E-state index in [-0.39, 0.29) is 29.0 Å². The minimum absolute atomic E-state index is 0.00833. The number of carbonyl (C=O) groups is 2. The molecule has 3 N–H and O–H groups in total. The molecule has 9 heteroatoms. The SMILES string of the molecule is O=Cc1cc(-c2cc(-c3c(F)cccc3C(=O)NC(CO)Cc3ccccn3)[nH]n2)ccc1F. The standard InChI is InChI=1S/C25H20F2N4O3/c26-20-8-7-15(10-16(20)13-32)22-12-23(31-30-22)24-19(5-3-6-21(24)27)25(34)29-18(14-33)11-17-4-1-2-9-28-17/h1-10,12-13,18,33H,11,14H2,(H,29,34)(H,30,31). The van der Waals surface area contributed by atoms with Crippen LogP contribution in [0.15, 0.2) is 66.9 Å². The number of H-pyrrole nitrogens is 1. The molecular formula is C25H20F2N4O3. The minimum Gasteiger partial charge on any atom is -0.394 e. The number of aliphatic hydroxyl groups excluding tert-OH is 1. The van der Waals surface area contributed by atoms with Gasteiger partial charge in [-0.2, -0.15) is 5.10 Å². The number of rotatable bonds is 8. The summed E-state index contributed by atoms with van der Waals surface area (Å²) in [4.78, 5) is 28.3. The average Bonchev–Trinajstić information content (AvgIpc) is 3.34. The number of amides is 1. The Bertz CT molecular complexity index is 1330. The van der Waals surface area contributed by atoms with E-state index < -0.39 is 23.6 Å². The van der Waals surface area contributed by atoms with Crippen LogP contribution >= 0.6 is 0 Å². The van der Waals surface area contributed by atoms with E-state index in [1.807, 2.05) is 0 Å². The van der Waals surface area contributed by atoms with Crippen LogP contribution in [0.3, 0.4) is 0 Å². The predicted octanol–water partition coefficient (Wildman–Crippen LogP) is 3.56. The number of aldehydes is 1. The van der Waals surface area contributed by atoms with Gasteiger partial charge < -0.3 is 10.4 Å². The molecule has 0 aliphatic heterocycles. The molecule has 2 heterocycles. The van der Waals surface area contributed by atoms with E-state index >= 15 is 0 Å². The van der Waals surface area contributed by atoms with Crippen LogP contribution in [0.4, 0.5) is 8.78 Å². The molecule has 1 atom stereocenters. The highest BCUT2D eigenvalue weighted by Crippen LogP contribution is 2.29. The molecule has 0 saturated carbocycles. The van der Waals surface area contributed by atoms with Crippen molar-refractivity contribution in [2.24, 2.45) is 0 Å². The van der Waals surface area contributed by atoms with Gasteiger partial charge in [0.05, 0.1) is 35.2 Å². The van der Waals surface area contributed by atoms with E-state index in [1.165, 1.54) is 36.4 Å². The lowest BCUT2D eigenvalue weighted by Gasteiger charge is -2.17. The Labute approximate surface area is 193 Å². The van der Waals surface area contributed by atoms with Crippen molar-refractivity contribution < 1.29 is 23.5 Å². The van der Waals surface area contributed by atoms with Crippen LogP contribution in [0.1, 0.15) is 26.4 Å².